The number of hydrogen-bond acceptors (Lipinski definition) is 6. The number of carboxylic acids is 1. The van der Waals surface area contributed by atoms with Gasteiger partial charge in [-0.05, 0) is 26.3 Å². The van der Waals surface area contributed by atoms with Crippen molar-refractivity contribution in [3.05, 3.63) is 35.9 Å². The summed E-state index contributed by atoms with van der Waals surface area (Å²) in [7, 11) is 0. The van der Waals surface area contributed by atoms with Crippen LogP contribution in [0.5, 0.6) is 0 Å². The van der Waals surface area contributed by atoms with Crippen molar-refractivity contribution in [2.24, 2.45) is 0 Å². The maximum absolute atomic E-state index is 12.5. The van der Waals surface area contributed by atoms with E-state index >= 15 is 0 Å². The molecule has 11 heteroatoms. The molecule has 170 valence electrons. The molecule has 11 nitrogen and oxygen atoms in total. The number of rotatable bonds is 10. The summed E-state index contributed by atoms with van der Waals surface area (Å²) in [5.74, 6) is -3.17. The van der Waals surface area contributed by atoms with Gasteiger partial charge >= 0.3 is 12.1 Å². The van der Waals surface area contributed by atoms with Crippen molar-refractivity contribution in [3.8, 4) is 0 Å². The maximum atomic E-state index is 12.5. The average Bonchev–Trinajstić information content (AvgIpc) is 2.68. The van der Waals surface area contributed by atoms with Crippen LogP contribution in [0.1, 0.15) is 26.3 Å². The van der Waals surface area contributed by atoms with Gasteiger partial charge in [-0.3, -0.25) is 19.2 Å². The topological polar surface area (TPSA) is 163 Å². The zero-order valence-electron chi connectivity index (χ0n) is 17.7. The number of benzene rings is 1. The van der Waals surface area contributed by atoms with Gasteiger partial charge < -0.3 is 31.1 Å². The highest BCUT2D eigenvalue weighted by atomic mass is 16.6. The third kappa shape index (κ3) is 11.8. The lowest BCUT2D eigenvalue weighted by Gasteiger charge is -2.21. The van der Waals surface area contributed by atoms with Gasteiger partial charge in [-0.1, -0.05) is 30.3 Å². The molecule has 1 atom stereocenters. The number of hydrogen-bond donors (Lipinski definition) is 5. The molecule has 0 aliphatic rings. The van der Waals surface area contributed by atoms with Gasteiger partial charge in [-0.15, -0.1) is 0 Å². The highest BCUT2D eigenvalue weighted by Crippen LogP contribution is 2.06. The fourth-order valence-corrected chi connectivity index (χ4v) is 2.30. The van der Waals surface area contributed by atoms with E-state index in [1.54, 1.807) is 51.1 Å². The van der Waals surface area contributed by atoms with Crippen molar-refractivity contribution in [2.75, 3.05) is 19.6 Å². The predicted molar refractivity (Wildman–Crippen MR) is 110 cm³/mol. The molecule has 0 aromatic heterocycles. The summed E-state index contributed by atoms with van der Waals surface area (Å²) in [4.78, 5) is 58.5. The average molecular weight is 436 g/mol. The highest BCUT2D eigenvalue weighted by molar-refractivity contribution is 5.92. The van der Waals surface area contributed by atoms with E-state index in [0.717, 1.165) is 5.56 Å². The summed E-state index contributed by atoms with van der Waals surface area (Å²) in [6, 6.07) is 7.86. The SMILES string of the molecule is CC(C)(C)OC(=O)NCC(=O)N[C@@H](Cc1ccccc1)C(=O)NCC(=O)NCC(=O)O. The van der Waals surface area contributed by atoms with E-state index in [1.807, 2.05) is 0 Å². The molecule has 1 rings (SSSR count). The Hall–Kier alpha value is -3.63. The van der Waals surface area contributed by atoms with Crippen LogP contribution in [-0.2, 0) is 30.3 Å². The molecular weight excluding hydrogens is 408 g/mol. The number of ether oxygens (including phenoxy) is 1. The number of alkyl carbamates (subject to hydrolysis) is 1. The third-order valence-electron chi connectivity index (χ3n) is 3.59. The Morgan fingerprint density at radius 1 is 0.903 bits per heavy atom. The smallest absolute Gasteiger partial charge is 0.408 e. The molecule has 0 radical (unpaired) electrons. The van der Waals surface area contributed by atoms with Gasteiger partial charge in [0.2, 0.25) is 17.7 Å². The maximum Gasteiger partial charge on any atom is 0.408 e. The monoisotopic (exact) mass is 436 g/mol. The first-order valence-electron chi connectivity index (χ1n) is 9.52. The Morgan fingerprint density at radius 2 is 1.52 bits per heavy atom. The standard InChI is InChI=1S/C20H28N4O7/c1-20(2,3)31-19(30)23-11-16(26)24-14(9-13-7-5-4-6-8-13)18(29)22-10-15(25)21-12-17(27)28/h4-8,14H,9-12H2,1-3H3,(H,21,25)(H,22,29)(H,23,30)(H,24,26)(H,27,28)/t14-/m0/s1. The minimum absolute atomic E-state index is 0.140. The van der Waals surface area contributed by atoms with Crippen LogP contribution in [0, 0.1) is 0 Å². The number of nitrogens with one attached hydrogen (secondary N) is 4. The minimum atomic E-state index is -1.22. The predicted octanol–water partition coefficient (Wildman–Crippen LogP) is -0.444. The fourth-order valence-electron chi connectivity index (χ4n) is 2.30. The van der Waals surface area contributed by atoms with Gasteiger partial charge in [0.15, 0.2) is 0 Å². The number of carbonyl (C=O) groups excluding carboxylic acids is 4. The molecule has 0 aliphatic heterocycles. The van der Waals surface area contributed by atoms with Gasteiger partial charge in [0.25, 0.3) is 0 Å². The molecular formula is C20H28N4O7. The fraction of sp³-hybridized carbons (Fsp3) is 0.450. The molecule has 1 aromatic carbocycles. The van der Waals surface area contributed by atoms with E-state index in [-0.39, 0.29) is 6.42 Å². The van der Waals surface area contributed by atoms with Crippen molar-refractivity contribution in [2.45, 2.75) is 38.8 Å². The number of aliphatic carboxylic acids is 1. The van der Waals surface area contributed by atoms with E-state index < -0.39 is 61.1 Å². The van der Waals surface area contributed by atoms with Crippen LogP contribution in [0.15, 0.2) is 30.3 Å². The number of carbonyl (C=O) groups is 5. The van der Waals surface area contributed by atoms with Gasteiger partial charge in [-0.25, -0.2) is 4.79 Å². The summed E-state index contributed by atoms with van der Waals surface area (Å²) in [6.07, 6.45) is -0.636. The normalized spacial score (nSPS) is 11.6. The second kappa shape index (κ2) is 12.2. The van der Waals surface area contributed by atoms with Crippen LogP contribution in [-0.4, -0.2) is 66.2 Å². The molecule has 0 heterocycles. The Balaban J connectivity index is 2.67. The first-order valence-corrected chi connectivity index (χ1v) is 9.52. The molecule has 4 amide bonds. The van der Waals surface area contributed by atoms with Crippen LogP contribution in [0.3, 0.4) is 0 Å². The summed E-state index contributed by atoms with van der Waals surface area (Å²) in [5.41, 5.74) is 0.0377. The first-order chi connectivity index (χ1) is 14.5. The molecule has 0 aliphatic carbocycles. The van der Waals surface area contributed by atoms with E-state index in [1.165, 1.54) is 0 Å². The largest absolute Gasteiger partial charge is 0.480 e. The molecule has 5 N–H and O–H groups in total. The molecule has 0 fully saturated rings. The van der Waals surface area contributed by atoms with E-state index in [4.69, 9.17) is 9.84 Å². The second-order valence-corrected chi connectivity index (χ2v) is 7.55. The van der Waals surface area contributed by atoms with Crippen LogP contribution < -0.4 is 21.3 Å². The van der Waals surface area contributed by atoms with Crippen molar-refractivity contribution in [1.29, 1.82) is 0 Å². The van der Waals surface area contributed by atoms with E-state index in [0.29, 0.717) is 0 Å². The van der Waals surface area contributed by atoms with Gasteiger partial charge in [0.1, 0.15) is 24.7 Å². The number of amides is 4. The Bertz CT molecular complexity index is 790. The Morgan fingerprint density at radius 3 is 2.10 bits per heavy atom. The third-order valence-corrected chi connectivity index (χ3v) is 3.59. The summed E-state index contributed by atoms with van der Waals surface area (Å²) < 4.78 is 5.05. The summed E-state index contributed by atoms with van der Waals surface area (Å²) in [6.45, 7) is 3.60. The summed E-state index contributed by atoms with van der Waals surface area (Å²) >= 11 is 0. The Labute approximate surface area is 179 Å². The van der Waals surface area contributed by atoms with Crippen molar-refractivity contribution >= 4 is 29.8 Å². The molecule has 0 unspecified atom stereocenters. The minimum Gasteiger partial charge on any atom is -0.480 e. The lowest BCUT2D eigenvalue weighted by molar-refractivity contribution is -0.138. The van der Waals surface area contributed by atoms with Crippen molar-refractivity contribution in [3.63, 3.8) is 0 Å². The van der Waals surface area contributed by atoms with E-state index in [2.05, 4.69) is 21.3 Å². The van der Waals surface area contributed by atoms with Gasteiger partial charge in [0.05, 0.1) is 6.54 Å². The van der Waals surface area contributed by atoms with Crippen LogP contribution >= 0.6 is 0 Å². The zero-order chi connectivity index (χ0) is 23.4. The van der Waals surface area contributed by atoms with Crippen LogP contribution in [0.25, 0.3) is 0 Å². The molecule has 31 heavy (non-hydrogen) atoms. The molecule has 0 saturated carbocycles. The van der Waals surface area contributed by atoms with Crippen molar-refractivity contribution < 1.29 is 33.8 Å². The van der Waals surface area contributed by atoms with Crippen molar-refractivity contribution in [1.82, 2.24) is 21.3 Å². The molecule has 0 spiro atoms. The first kappa shape index (κ1) is 25.4. The molecule has 0 saturated heterocycles. The number of carboxylic acid groups (broad SMARTS) is 1. The lowest BCUT2D eigenvalue weighted by atomic mass is 10.1. The molecule has 1 aromatic rings. The lowest BCUT2D eigenvalue weighted by Crippen LogP contribution is -2.52. The quantitative estimate of drug-likeness (QED) is 0.332. The summed E-state index contributed by atoms with van der Waals surface area (Å²) in [5, 5.41) is 17.8. The van der Waals surface area contributed by atoms with Crippen LogP contribution in [0.4, 0.5) is 4.79 Å². The Kier molecular flexibility index (Phi) is 9.96. The van der Waals surface area contributed by atoms with Crippen LogP contribution in [0.2, 0.25) is 0 Å². The zero-order valence-corrected chi connectivity index (χ0v) is 17.7. The second-order valence-electron chi connectivity index (χ2n) is 7.55. The molecule has 0 bridgehead atoms. The highest BCUT2D eigenvalue weighted by Gasteiger charge is 2.23. The van der Waals surface area contributed by atoms with Gasteiger partial charge in [0, 0.05) is 6.42 Å². The van der Waals surface area contributed by atoms with Gasteiger partial charge in [-0.2, -0.15) is 0 Å². The van der Waals surface area contributed by atoms with E-state index in [9.17, 15) is 24.0 Å².